The number of benzene rings is 1. The van der Waals surface area contributed by atoms with E-state index in [0.717, 1.165) is 30.7 Å². The number of anilines is 2. The highest BCUT2D eigenvalue weighted by atomic mass is 16.6. The molecule has 0 fully saturated rings. The average molecular weight is 342 g/mol. The Morgan fingerprint density at radius 2 is 1.92 bits per heavy atom. The van der Waals surface area contributed by atoms with Crippen molar-refractivity contribution in [3.05, 3.63) is 36.0 Å². The predicted molar refractivity (Wildman–Crippen MR) is 94.6 cm³/mol. The van der Waals surface area contributed by atoms with Crippen molar-refractivity contribution in [3.8, 4) is 11.5 Å². The van der Waals surface area contributed by atoms with E-state index in [2.05, 4.69) is 27.8 Å². The van der Waals surface area contributed by atoms with E-state index in [4.69, 9.17) is 9.47 Å². The third-order valence-electron chi connectivity index (χ3n) is 3.78. The summed E-state index contributed by atoms with van der Waals surface area (Å²) >= 11 is 0. The van der Waals surface area contributed by atoms with E-state index in [9.17, 15) is 4.79 Å². The van der Waals surface area contributed by atoms with Crippen molar-refractivity contribution < 1.29 is 14.3 Å². The van der Waals surface area contributed by atoms with E-state index in [1.54, 1.807) is 12.1 Å². The fraction of sp³-hybridized carbons (Fsp3) is 0.389. The minimum Gasteiger partial charge on any atom is -0.486 e. The number of aromatic nitrogens is 2. The number of nitrogens with one attached hydrogen (secondary N) is 2. The van der Waals surface area contributed by atoms with Gasteiger partial charge in [0.05, 0.1) is 0 Å². The number of rotatable bonds is 7. The Morgan fingerprint density at radius 3 is 2.68 bits per heavy atom. The lowest BCUT2D eigenvalue weighted by Gasteiger charge is -2.19. The summed E-state index contributed by atoms with van der Waals surface area (Å²) in [6.07, 6.45) is 3.19. The molecule has 1 aliphatic heterocycles. The van der Waals surface area contributed by atoms with Gasteiger partial charge in [0.2, 0.25) is 0 Å². The van der Waals surface area contributed by atoms with Crippen LogP contribution in [-0.2, 0) is 0 Å². The van der Waals surface area contributed by atoms with Crippen LogP contribution >= 0.6 is 0 Å². The van der Waals surface area contributed by atoms with Gasteiger partial charge in [0.25, 0.3) is 5.91 Å². The molecule has 0 saturated heterocycles. The van der Waals surface area contributed by atoms with Crippen LogP contribution in [0.3, 0.4) is 0 Å². The summed E-state index contributed by atoms with van der Waals surface area (Å²) in [7, 11) is 0. The van der Waals surface area contributed by atoms with Gasteiger partial charge in [0.15, 0.2) is 23.0 Å². The number of hydrogen-bond acceptors (Lipinski definition) is 6. The summed E-state index contributed by atoms with van der Waals surface area (Å²) in [6, 6.07) is 8.96. The van der Waals surface area contributed by atoms with Gasteiger partial charge >= 0.3 is 0 Å². The maximum Gasteiger partial charge on any atom is 0.271 e. The normalized spacial score (nSPS) is 12.5. The SMILES string of the molecule is CCCCCNC(=O)c1ccc(Nc2ccc3c(c2)OCCO3)nn1. The van der Waals surface area contributed by atoms with Gasteiger partial charge in [-0.25, -0.2) is 0 Å². The zero-order valence-electron chi connectivity index (χ0n) is 14.2. The highest BCUT2D eigenvalue weighted by molar-refractivity contribution is 5.92. The number of unbranched alkanes of at least 4 members (excludes halogenated alkanes) is 2. The minimum absolute atomic E-state index is 0.200. The van der Waals surface area contributed by atoms with E-state index in [1.807, 2.05) is 18.2 Å². The van der Waals surface area contributed by atoms with Crippen LogP contribution in [0.5, 0.6) is 11.5 Å². The molecule has 0 bridgehead atoms. The Bertz CT molecular complexity index is 719. The standard InChI is InChI=1S/C18H22N4O3/c1-2-3-4-9-19-18(23)14-6-8-17(22-21-14)20-13-5-7-15-16(12-13)25-11-10-24-15/h5-8,12H,2-4,9-11H2,1H3,(H,19,23)(H,20,22). The molecule has 2 aromatic rings. The Labute approximate surface area is 146 Å². The van der Waals surface area contributed by atoms with Crippen LogP contribution in [0.15, 0.2) is 30.3 Å². The van der Waals surface area contributed by atoms with Gasteiger partial charge in [-0.1, -0.05) is 19.8 Å². The van der Waals surface area contributed by atoms with Crippen LogP contribution in [0.2, 0.25) is 0 Å². The number of amides is 1. The topological polar surface area (TPSA) is 85.4 Å². The Hall–Kier alpha value is -2.83. The molecule has 0 unspecified atom stereocenters. The largest absolute Gasteiger partial charge is 0.486 e. The van der Waals surface area contributed by atoms with Crippen LogP contribution in [0.1, 0.15) is 36.7 Å². The van der Waals surface area contributed by atoms with Crippen molar-refractivity contribution in [1.82, 2.24) is 15.5 Å². The first kappa shape index (κ1) is 17.0. The third-order valence-corrected chi connectivity index (χ3v) is 3.78. The number of nitrogens with zero attached hydrogens (tertiary/aromatic N) is 2. The first-order valence-electron chi connectivity index (χ1n) is 8.55. The third kappa shape index (κ3) is 4.59. The summed E-state index contributed by atoms with van der Waals surface area (Å²) in [5.41, 5.74) is 1.12. The fourth-order valence-electron chi connectivity index (χ4n) is 2.46. The molecule has 7 nitrogen and oxygen atoms in total. The van der Waals surface area contributed by atoms with E-state index >= 15 is 0 Å². The predicted octanol–water partition coefficient (Wildman–Crippen LogP) is 2.91. The summed E-state index contributed by atoms with van der Waals surface area (Å²) in [5.74, 6) is 1.79. The van der Waals surface area contributed by atoms with Gasteiger partial charge in [0.1, 0.15) is 13.2 Å². The van der Waals surface area contributed by atoms with Crippen LogP contribution in [0, 0.1) is 0 Å². The van der Waals surface area contributed by atoms with Crippen molar-refractivity contribution in [1.29, 1.82) is 0 Å². The van der Waals surface area contributed by atoms with E-state index in [0.29, 0.717) is 37.0 Å². The van der Waals surface area contributed by atoms with Crippen LogP contribution in [0.25, 0.3) is 0 Å². The van der Waals surface area contributed by atoms with E-state index in [-0.39, 0.29) is 5.91 Å². The number of carbonyl (C=O) groups excluding carboxylic acids is 1. The van der Waals surface area contributed by atoms with Crippen molar-refractivity contribution >= 4 is 17.4 Å². The second kappa shape index (κ2) is 8.32. The lowest BCUT2D eigenvalue weighted by molar-refractivity contribution is 0.0947. The first-order chi connectivity index (χ1) is 12.3. The maximum atomic E-state index is 12.0. The Kier molecular flexibility index (Phi) is 5.66. The maximum absolute atomic E-state index is 12.0. The van der Waals surface area contributed by atoms with Gasteiger partial charge in [-0.2, -0.15) is 0 Å². The molecule has 0 atom stereocenters. The lowest BCUT2D eigenvalue weighted by atomic mass is 10.2. The molecule has 0 aliphatic carbocycles. The Morgan fingerprint density at radius 1 is 1.08 bits per heavy atom. The van der Waals surface area contributed by atoms with Crippen molar-refractivity contribution in [3.63, 3.8) is 0 Å². The zero-order chi connectivity index (χ0) is 17.5. The van der Waals surface area contributed by atoms with E-state index in [1.165, 1.54) is 0 Å². The molecule has 25 heavy (non-hydrogen) atoms. The molecule has 1 aromatic carbocycles. The molecule has 1 aromatic heterocycles. The molecule has 0 saturated carbocycles. The van der Waals surface area contributed by atoms with Crippen LogP contribution < -0.4 is 20.1 Å². The fourth-order valence-corrected chi connectivity index (χ4v) is 2.46. The summed E-state index contributed by atoms with van der Waals surface area (Å²) in [4.78, 5) is 12.0. The first-order valence-corrected chi connectivity index (χ1v) is 8.55. The highest BCUT2D eigenvalue weighted by Crippen LogP contribution is 2.33. The molecule has 0 radical (unpaired) electrons. The molecule has 2 heterocycles. The quantitative estimate of drug-likeness (QED) is 0.753. The average Bonchev–Trinajstić information content (AvgIpc) is 2.65. The van der Waals surface area contributed by atoms with Crippen LogP contribution in [0.4, 0.5) is 11.5 Å². The molecule has 2 N–H and O–H groups in total. The molecular weight excluding hydrogens is 320 g/mol. The number of ether oxygens (including phenoxy) is 2. The minimum atomic E-state index is -0.200. The monoisotopic (exact) mass is 342 g/mol. The Balaban J connectivity index is 1.58. The van der Waals surface area contributed by atoms with Gasteiger partial charge in [-0.05, 0) is 30.7 Å². The summed E-state index contributed by atoms with van der Waals surface area (Å²) < 4.78 is 11.0. The lowest BCUT2D eigenvalue weighted by Crippen LogP contribution is -2.25. The molecule has 3 rings (SSSR count). The molecule has 1 amide bonds. The highest BCUT2D eigenvalue weighted by Gasteiger charge is 2.12. The second-order valence-electron chi connectivity index (χ2n) is 5.75. The van der Waals surface area contributed by atoms with Crippen molar-refractivity contribution in [2.24, 2.45) is 0 Å². The summed E-state index contributed by atoms with van der Waals surface area (Å²) in [6.45, 7) is 3.89. The molecule has 0 spiro atoms. The van der Waals surface area contributed by atoms with Gasteiger partial charge in [-0.3, -0.25) is 4.79 Å². The van der Waals surface area contributed by atoms with Crippen LogP contribution in [-0.4, -0.2) is 35.9 Å². The second-order valence-corrected chi connectivity index (χ2v) is 5.75. The molecule has 7 heteroatoms. The number of hydrogen-bond donors (Lipinski definition) is 2. The zero-order valence-corrected chi connectivity index (χ0v) is 14.2. The summed E-state index contributed by atoms with van der Waals surface area (Å²) in [5, 5.41) is 14.0. The molecule has 132 valence electrons. The molecule has 1 aliphatic rings. The number of carbonyl (C=O) groups is 1. The molecular formula is C18H22N4O3. The van der Waals surface area contributed by atoms with Gasteiger partial charge < -0.3 is 20.1 Å². The van der Waals surface area contributed by atoms with Gasteiger partial charge in [-0.15, -0.1) is 10.2 Å². The van der Waals surface area contributed by atoms with Crippen molar-refractivity contribution in [2.75, 3.05) is 25.1 Å². The smallest absolute Gasteiger partial charge is 0.271 e. The van der Waals surface area contributed by atoms with E-state index < -0.39 is 0 Å². The van der Waals surface area contributed by atoms with Gasteiger partial charge in [0, 0.05) is 18.3 Å². The number of fused-ring (bicyclic) bond motifs is 1. The van der Waals surface area contributed by atoms with Crippen molar-refractivity contribution in [2.45, 2.75) is 26.2 Å².